The van der Waals surface area contributed by atoms with Crippen LogP contribution in [0.2, 0.25) is 0 Å². The number of unbranched alkanes of at least 4 members (excludes halogenated alkanes) is 6. The molecule has 1 unspecified atom stereocenters. The largest absolute Gasteiger partial charge is 0.393 e. The average Bonchev–Trinajstić information content (AvgIpc) is 2.27. The van der Waals surface area contributed by atoms with Crippen molar-refractivity contribution in [3.63, 3.8) is 0 Å². The summed E-state index contributed by atoms with van der Waals surface area (Å²) < 4.78 is 0. The van der Waals surface area contributed by atoms with Gasteiger partial charge in [-0.05, 0) is 6.42 Å². The third-order valence-electron chi connectivity index (χ3n) is 3.22. The molecule has 0 aromatic heterocycles. The molecule has 0 saturated heterocycles. The van der Waals surface area contributed by atoms with Crippen LogP contribution in [0.1, 0.15) is 78.6 Å². The van der Waals surface area contributed by atoms with E-state index in [-0.39, 0.29) is 11.7 Å². The Kier molecular flexibility index (Phi) is 10.5. The molecule has 1 N–H and O–H groups in total. The van der Waals surface area contributed by atoms with Gasteiger partial charge in [-0.15, -0.1) is 0 Å². The number of aliphatic hydroxyl groups is 1. The fourth-order valence-corrected chi connectivity index (χ4v) is 1.91. The summed E-state index contributed by atoms with van der Waals surface area (Å²) in [5, 5.41) is 9.69. The average molecular weight is 242 g/mol. The predicted molar refractivity (Wildman–Crippen MR) is 73.1 cm³/mol. The van der Waals surface area contributed by atoms with E-state index < -0.39 is 6.10 Å². The van der Waals surface area contributed by atoms with E-state index in [2.05, 4.69) is 6.92 Å². The smallest absolute Gasteiger partial charge is 0.137 e. The summed E-state index contributed by atoms with van der Waals surface area (Å²) in [7, 11) is 0. The van der Waals surface area contributed by atoms with E-state index in [4.69, 9.17) is 0 Å². The Morgan fingerprint density at radius 3 is 2.06 bits per heavy atom. The van der Waals surface area contributed by atoms with Gasteiger partial charge in [0.1, 0.15) is 5.78 Å². The van der Waals surface area contributed by atoms with Gasteiger partial charge >= 0.3 is 0 Å². The molecule has 0 radical (unpaired) electrons. The first kappa shape index (κ1) is 16.6. The van der Waals surface area contributed by atoms with E-state index >= 15 is 0 Å². The molecule has 0 heterocycles. The van der Waals surface area contributed by atoms with Crippen molar-refractivity contribution in [2.24, 2.45) is 5.92 Å². The first-order chi connectivity index (χ1) is 8.07. The fourth-order valence-electron chi connectivity index (χ4n) is 1.91. The Labute approximate surface area is 107 Å². The standard InChI is InChI=1S/C15H30O2/c1-4-5-6-7-8-9-10-11-14(16)12-15(17)13(2)3/h13-14,16H,4-12H2,1-3H3. The Bertz CT molecular complexity index is 187. The molecular weight excluding hydrogens is 212 g/mol. The number of rotatable bonds is 11. The minimum atomic E-state index is -0.416. The number of carbonyl (C=O) groups is 1. The van der Waals surface area contributed by atoms with Gasteiger partial charge in [0.05, 0.1) is 6.10 Å². The first-order valence-corrected chi connectivity index (χ1v) is 7.28. The van der Waals surface area contributed by atoms with Gasteiger partial charge in [-0.2, -0.15) is 0 Å². The Morgan fingerprint density at radius 1 is 1.00 bits per heavy atom. The maximum Gasteiger partial charge on any atom is 0.137 e. The Morgan fingerprint density at radius 2 is 1.53 bits per heavy atom. The zero-order chi connectivity index (χ0) is 13.1. The lowest BCUT2D eigenvalue weighted by Gasteiger charge is -2.11. The molecule has 0 aromatic rings. The summed E-state index contributed by atoms with van der Waals surface area (Å²) in [6.07, 6.45) is 9.50. The van der Waals surface area contributed by atoms with Gasteiger partial charge in [-0.25, -0.2) is 0 Å². The zero-order valence-electron chi connectivity index (χ0n) is 11.9. The second-order valence-corrected chi connectivity index (χ2v) is 5.39. The monoisotopic (exact) mass is 242 g/mol. The molecule has 0 aromatic carbocycles. The van der Waals surface area contributed by atoms with E-state index in [0.717, 1.165) is 12.8 Å². The van der Waals surface area contributed by atoms with Crippen molar-refractivity contribution in [3.8, 4) is 0 Å². The predicted octanol–water partition coefficient (Wildman–Crippen LogP) is 4.10. The fraction of sp³-hybridized carbons (Fsp3) is 0.933. The van der Waals surface area contributed by atoms with Crippen LogP contribution >= 0.6 is 0 Å². The van der Waals surface area contributed by atoms with E-state index in [1.165, 1.54) is 38.5 Å². The van der Waals surface area contributed by atoms with Crippen molar-refractivity contribution in [2.75, 3.05) is 0 Å². The Balaban J connectivity index is 3.33. The van der Waals surface area contributed by atoms with Crippen molar-refractivity contribution in [1.82, 2.24) is 0 Å². The normalized spacial score (nSPS) is 13.0. The second-order valence-electron chi connectivity index (χ2n) is 5.39. The van der Waals surface area contributed by atoms with Crippen molar-refractivity contribution in [2.45, 2.75) is 84.7 Å². The number of hydrogen-bond acceptors (Lipinski definition) is 2. The molecule has 1 atom stereocenters. The third-order valence-corrected chi connectivity index (χ3v) is 3.22. The molecule has 0 bridgehead atoms. The van der Waals surface area contributed by atoms with E-state index in [1.54, 1.807) is 0 Å². The van der Waals surface area contributed by atoms with Crippen LogP contribution in [0, 0.1) is 5.92 Å². The lowest BCUT2D eigenvalue weighted by Crippen LogP contribution is -2.17. The highest BCUT2D eigenvalue weighted by Crippen LogP contribution is 2.12. The van der Waals surface area contributed by atoms with Gasteiger partial charge < -0.3 is 5.11 Å². The highest BCUT2D eigenvalue weighted by atomic mass is 16.3. The summed E-state index contributed by atoms with van der Waals surface area (Å²) in [6.45, 7) is 6.01. The van der Waals surface area contributed by atoms with Crippen molar-refractivity contribution < 1.29 is 9.90 Å². The highest BCUT2D eigenvalue weighted by molar-refractivity contribution is 5.80. The van der Waals surface area contributed by atoms with Crippen LogP contribution in [0.15, 0.2) is 0 Å². The molecule has 2 heteroatoms. The molecule has 0 aliphatic carbocycles. The van der Waals surface area contributed by atoms with Gasteiger partial charge in [0, 0.05) is 12.3 Å². The summed E-state index contributed by atoms with van der Waals surface area (Å²) in [5.74, 6) is 0.235. The van der Waals surface area contributed by atoms with Gasteiger partial charge in [-0.1, -0.05) is 65.7 Å². The van der Waals surface area contributed by atoms with Crippen LogP contribution in [0.5, 0.6) is 0 Å². The van der Waals surface area contributed by atoms with Crippen molar-refractivity contribution in [3.05, 3.63) is 0 Å². The van der Waals surface area contributed by atoms with Gasteiger partial charge in [0.2, 0.25) is 0 Å². The first-order valence-electron chi connectivity index (χ1n) is 7.28. The Hall–Kier alpha value is -0.370. The quantitative estimate of drug-likeness (QED) is 0.554. The number of Topliss-reactive ketones (excluding diaryl/α,β-unsaturated/α-hetero) is 1. The lowest BCUT2D eigenvalue weighted by atomic mass is 9.99. The molecule has 0 aliphatic rings. The second kappa shape index (κ2) is 10.8. The van der Waals surface area contributed by atoms with Crippen molar-refractivity contribution in [1.29, 1.82) is 0 Å². The summed E-state index contributed by atoms with van der Waals surface area (Å²) in [6, 6.07) is 0. The summed E-state index contributed by atoms with van der Waals surface area (Å²) in [4.78, 5) is 11.4. The number of ketones is 1. The van der Waals surface area contributed by atoms with E-state index in [9.17, 15) is 9.90 Å². The molecule has 0 fully saturated rings. The van der Waals surface area contributed by atoms with Crippen LogP contribution < -0.4 is 0 Å². The number of carbonyl (C=O) groups excluding carboxylic acids is 1. The number of hydrogen-bond donors (Lipinski definition) is 1. The maximum atomic E-state index is 11.4. The molecule has 17 heavy (non-hydrogen) atoms. The molecular formula is C15H30O2. The van der Waals surface area contributed by atoms with Gasteiger partial charge in [0.15, 0.2) is 0 Å². The molecule has 0 amide bonds. The van der Waals surface area contributed by atoms with Crippen LogP contribution in [-0.4, -0.2) is 17.0 Å². The molecule has 0 saturated carbocycles. The maximum absolute atomic E-state index is 11.4. The minimum absolute atomic E-state index is 0.0543. The third kappa shape index (κ3) is 10.5. The van der Waals surface area contributed by atoms with Crippen LogP contribution in [0.4, 0.5) is 0 Å². The molecule has 0 spiro atoms. The van der Waals surface area contributed by atoms with E-state index in [1.807, 2.05) is 13.8 Å². The van der Waals surface area contributed by atoms with Gasteiger partial charge in [0.25, 0.3) is 0 Å². The van der Waals surface area contributed by atoms with Crippen molar-refractivity contribution >= 4 is 5.78 Å². The summed E-state index contributed by atoms with van der Waals surface area (Å²) in [5.41, 5.74) is 0. The highest BCUT2D eigenvalue weighted by Gasteiger charge is 2.13. The molecule has 0 rings (SSSR count). The lowest BCUT2D eigenvalue weighted by molar-refractivity contribution is -0.123. The van der Waals surface area contributed by atoms with Gasteiger partial charge in [-0.3, -0.25) is 4.79 Å². The molecule has 102 valence electrons. The topological polar surface area (TPSA) is 37.3 Å². The van der Waals surface area contributed by atoms with Crippen LogP contribution in [0.25, 0.3) is 0 Å². The van der Waals surface area contributed by atoms with Crippen LogP contribution in [0.3, 0.4) is 0 Å². The van der Waals surface area contributed by atoms with Crippen LogP contribution in [-0.2, 0) is 4.79 Å². The molecule has 0 aliphatic heterocycles. The molecule has 2 nitrogen and oxygen atoms in total. The minimum Gasteiger partial charge on any atom is -0.393 e. The summed E-state index contributed by atoms with van der Waals surface area (Å²) >= 11 is 0. The van der Waals surface area contributed by atoms with E-state index in [0.29, 0.717) is 6.42 Å². The zero-order valence-corrected chi connectivity index (χ0v) is 11.9. The SMILES string of the molecule is CCCCCCCCCC(O)CC(=O)C(C)C. The number of aliphatic hydroxyl groups excluding tert-OH is 1.